The minimum absolute atomic E-state index is 0.118. The fourth-order valence-electron chi connectivity index (χ4n) is 1.83. The summed E-state index contributed by atoms with van der Waals surface area (Å²) in [4.78, 5) is 0. The Balaban J connectivity index is 2.15. The molecule has 0 aromatic carbocycles. The topological polar surface area (TPSA) is 52.6 Å². The molecule has 0 aromatic heterocycles. The van der Waals surface area contributed by atoms with Crippen molar-refractivity contribution in [3.8, 4) is 0 Å². The zero-order chi connectivity index (χ0) is 7.84. The van der Waals surface area contributed by atoms with Crippen LogP contribution in [0.25, 0.3) is 0 Å². The van der Waals surface area contributed by atoms with Gasteiger partial charge in [0.05, 0.1) is 13.2 Å². The molecule has 2 rings (SSSR count). The van der Waals surface area contributed by atoms with Crippen LogP contribution < -0.4 is 0 Å². The first kappa shape index (κ1) is 7.67. The molecule has 2 aliphatic rings. The Bertz CT molecular complexity index is 171. The van der Waals surface area contributed by atoms with E-state index in [1.165, 1.54) is 0 Å². The van der Waals surface area contributed by atoms with Gasteiger partial charge in [0.1, 0.15) is 0 Å². The SMILES string of the molecule is O=S([O-])N1C2CCC1COC2. The maximum atomic E-state index is 10.7. The number of hydrogen-bond acceptors (Lipinski definition) is 3. The van der Waals surface area contributed by atoms with Gasteiger partial charge in [-0.05, 0) is 12.8 Å². The first-order valence-corrected chi connectivity index (χ1v) is 4.77. The molecule has 4 nitrogen and oxygen atoms in total. The van der Waals surface area contributed by atoms with E-state index in [9.17, 15) is 8.76 Å². The lowest BCUT2D eigenvalue weighted by atomic mass is 10.2. The normalized spacial score (nSPS) is 40.8. The predicted molar refractivity (Wildman–Crippen MR) is 38.4 cm³/mol. The van der Waals surface area contributed by atoms with Crippen molar-refractivity contribution in [2.45, 2.75) is 24.9 Å². The highest BCUT2D eigenvalue weighted by Gasteiger charge is 2.37. The molecule has 11 heavy (non-hydrogen) atoms. The smallest absolute Gasteiger partial charge is 0.0632 e. The van der Waals surface area contributed by atoms with E-state index in [4.69, 9.17) is 4.74 Å². The van der Waals surface area contributed by atoms with E-state index < -0.39 is 11.3 Å². The minimum Gasteiger partial charge on any atom is -0.760 e. The van der Waals surface area contributed by atoms with Gasteiger partial charge in [0.15, 0.2) is 0 Å². The van der Waals surface area contributed by atoms with Crippen molar-refractivity contribution >= 4 is 11.3 Å². The molecule has 64 valence electrons. The van der Waals surface area contributed by atoms with Crippen LogP contribution >= 0.6 is 0 Å². The third-order valence-electron chi connectivity index (χ3n) is 2.35. The van der Waals surface area contributed by atoms with Gasteiger partial charge in [-0.15, -0.1) is 0 Å². The molecule has 2 fully saturated rings. The van der Waals surface area contributed by atoms with Gasteiger partial charge in [-0.2, -0.15) is 0 Å². The molecular weight excluding hydrogens is 166 g/mol. The third kappa shape index (κ3) is 1.22. The predicted octanol–water partition coefficient (Wildman–Crippen LogP) is -0.356. The maximum absolute atomic E-state index is 10.7. The molecule has 3 unspecified atom stereocenters. The van der Waals surface area contributed by atoms with Crippen LogP contribution in [0.1, 0.15) is 12.8 Å². The van der Waals surface area contributed by atoms with Crippen molar-refractivity contribution in [3.05, 3.63) is 0 Å². The lowest BCUT2D eigenvalue weighted by molar-refractivity contribution is 0.0260. The highest BCUT2D eigenvalue weighted by molar-refractivity contribution is 7.76. The zero-order valence-corrected chi connectivity index (χ0v) is 6.88. The van der Waals surface area contributed by atoms with E-state index in [0.29, 0.717) is 13.2 Å². The van der Waals surface area contributed by atoms with Gasteiger partial charge in [0.25, 0.3) is 0 Å². The van der Waals surface area contributed by atoms with Gasteiger partial charge in [0.2, 0.25) is 0 Å². The van der Waals surface area contributed by atoms with Crippen molar-refractivity contribution in [3.63, 3.8) is 0 Å². The fourth-order valence-corrected chi connectivity index (χ4v) is 2.65. The molecule has 2 heterocycles. The van der Waals surface area contributed by atoms with Gasteiger partial charge in [-0.1, -0.05) is 0 Å². The number of hydrogen-bond donors (Lipinski definition) is 0. The second-order valence-electron chi connectivity index (χ2n) is 3.00. The van der Waals surface area contributed by atoms with Crippen LogP contribution in [0.4, 0.5) is 0 Å². The Labute approximate surface area is 67.9 Å². The number of nitrogens with zero attached hydrogens (tertiary/aromatic N) is 1. The first-order chi connectivity index (χ1) is 5.29. The van der Waals surface area contributed by atoms with Gasteiger partial charge in [-0.3, -0.25) is 4.21 Å². The molecule has 0 amide bonds. The third-order valence-corrected chi connectivity index (χ3v) is 3.29. The average molecular weight is 176 g/mol. The molecule has 0 aromatic rings. The van der Waals surface area contributed by atoms with Gasteiger partial charge < -0.3 is 9.29 Å². The molecule has 0 spiro atoms. The van der Waals surface area contributed by atoms with E-state index in [1.54, 1.807) is 4.31 Å². The van der Waals surface area contributed by atoms with Crippen LogP contribution in [0.2, 0.25) is 0 Å². The van der Waals surface area contributed by atoms with Crippen LogP contribution in [0.15, 0.2) is 0 Å². The highest BCUT2D eigenvalue weighted by atomic mass is 32.2. The van der Waals surface area contributed by atoms with E-state index in [1.807, 2.05) is 0 Å². The summed E-state index contributed by atoms with van der Waals surface area (Å²) in [5, 5.41) is 0. The summed E-state index contributed by atoms with van der Waals surface area (Å²) in [7, 11) is 0. The van der Waals surface area contributed by atoms with Crippen LogP contribution in [0.3, 0.4) is 0 Å². The number of fused-ring (bicyclic) bond motifs is 2. The lowest BCUT2D eigenvalue weighted by Crippen LogP contribution is -2.46. The molecule has 2 saturated heterocycles. The van der Waals surface area contributed by atoms with Crippen LogP contribution in [0.5, 0.6) is 0 Å². The van der Waals surface area contributed by atoms with Gasteiger partial charge in [-0.25, -0.2) is 4.31 Å². The summed E-state index contributed by atoms with van der Waals surface area (Å²) in [5.41, 5.74) is 0. The van der Waals surface area contributed by atoms with Crippen molar-refractivity contribution in [1.82, 2.24) is 4.31 Å². The van der Waals surface area contributed by atoms with Crippen molar-refractivity contribution in [1.29, 1.82) is 0 Å². The quantitative estimate of drug-likeness (QED) is 0.513. The molecule has 0 N–H and O–H groups in total. The van der Waals surface area contributed by atoms with E-state index in [-0.39, 0.29) is 12.1 Å². The summed E-state index contributed by atoms with van der Waals surface area (Å²) in [6.07, 6.45) is 1.91. The fraction of sp³-hybridized carbons (Fsp3) is 1.00. The Morgan fingerprint density at radius 1 is 1.36 bits per heavy atom. The van der Waals surface area contributed by atoms with E-state index >= 15 is 0 Å². The highest BCUT2D eigenvalue weighted by Crippen LogP contribution is 2.29. The summed E-state index contributed by atoms with van der Waals surface area (Å²) in [5.74, 6) is 0. The largest absolute Gasteiger partial charge is 0.760 e. The second kappa shape index (κ2) is 2.82. The molecule has 0 aliphatic carbocycles. The summed E-state index contributed by atoms with van der Waals surface area (Å²) in [6, 6.07) is 0.235. The molecular formula is C6H10NO3S-. The Kier molecular flexibility index (Phi) is 1.97. The Hall–Kier alpha value is 0.0300. The molecule has 2 bridgehead atoms. The molecule has 0 radical (unpaired) electrons. The van der Waals surface area contributed by atoms with Crippen LogP contribution in [-0.2, 0) is 16.0 Å². The van der Waals surface area contributed by atoms with E-state index in [2.05, 4.69) is 0 Å². The molecule has 2 aliphatic heterocycles. The van der Waals surface area contributed by atoms with Crippen LogP contribution in [-0.4, -0.2) is 38.4 Å². The van der Waals surface area contributed by atoms with Crippen molar-refractivity contribution in [2.24, 2.45) is 0 Å². The average Bonchev–Trinajstić information content (AvgIpc) is 2.23. The standard InChI is InChI=1S/C6H11NO3S/c8-11(9)7-5-1-2-6(7)4-10-3-5/h5-6H,1-4H2,(H,8,9)/p-1. The minimum atomic E-state index is -2.05. The van der Waals surface area contributed by atoms with Crippen LogP contribution in [0, 0.1) is 0 Å². The van der Waals surface area contributed by atoms with Crippen molar-refractivity contribution in [2.75, 3.05) is 13.2 Å². The number of ether oxygens (including phenoxy) is 1. The monoisotopic (exact) mass is 176 g/mol. The zero-order valence-electron chi connectivity index (χ0n) is 6.06. The Morgan fingerprint density at radius 3 is 2.27 bits per heavy atom. The second-order valence-corrected chi connectivity index (χ2v) is 3.86. The maximum Gasteiger partial charge on any atom is 0.0632 e. The van der Waals surface area contributed by atoms with Crippen molar-refractivity contribution < 1.29 is 13.5 Å². The number of morpholine rings is 1. The van der Waals surface area contributed by atoms with Gasteiger partial charge >= 0.3 is 0 Å². The number of rotatable bonds is 1. The Morgan fingerprint density at radius 2 is 1.91 bits per heavy atom. The van der Waals surface area contributed by atoms with Gasteiger partial charge in [0, 0.05) is 23.4 Å². The summed E-state index contributed by atoms with van der Waals surface area (Å²) >= 11 is -2.05. The molecule has 3 atom stereocenters. The lowest BCUT2D eigenvalue weighted by Gasteiger charge is -2.35. The van der Waals surface area contributed by atoms with E-state index in [0.717, 1.165) is 12.8 Å². The molecule has 5 heteroatoms. The first-order valence-electron chi connectivity index (χ1n) is 3.74. The molecule has 0 saturated carbocycles. The summed E-state index contributed by atoms with van der Waals surface area (Å²) < 4.78 is 28.1. The summed E-state index contributed by atoms with van der Waals surface area (Å²) in [6.45, 7) is 1.15.